The Labute approximate surface area is 96.0 Å². The molecule has 15 heavy (non-hydrogen) atoms. The van der Waals surface area contributed by atoms with Gasteiger partial charge in [-0.25, -0.2) is 0 Å². The molecule has 0 aromatic heterocycles. The molecule has 0 saturated heterocycles. The van der Waals surface area contributed by atoms with Crippen molar-refractivity contribution in [1.82, 2.24) is 0 Å². The summed E-state index contributed by atoms with van der Waals surface area (Å²) in [6.07, 6.45) is 1.13. The van der Waals surface area contributed by atoms with E-state index in [1.54, 1.807) is 0 Å². The van der Waals surface area contributed by atoms with Crippen LogP contribution in [0.5, 0.6) is 0 Å². The lowest BCUT2D eigenvalue weighted by Crippen LogP contribution is -2.25. The molecule has 3 heteroatoms. The van der Waals surface area contributed by atoms with Gasteiger partial charge in [0.05, 0.1) is 16.4 Å². The van der Waals surface area contributed by atoms with Crippen molar-refractivity contribution in [3.05, 3.63) is 23.2 Å². The van der Waals surface area contributed by atoms with Crippen molar-refractivity contribution in [2.45, 2.75) is 26.3 Å². The molecule has 1 aliphatic heterocycles. The second kappa shape index (κ2) is 4.31. The van der Waals surface area contributed by atoms with Crippen molar-refractivity contribution in [3.8, 4) is 0 Å². The molecule has 1 atom stereocenters. The summed E-state index contributed by atoms with van der Waals surface area (Å²) in [5, 5.41) is 7.74. The minimum Gasteiger partial charge on any atom is -0.383 e. The molecule has 2 rings (SSSR count). The summed E-state index contributed by atoms with van der Waals surface area (Å²) in [6.45, 7) is 5.47. The van der Waals surface area contributed by atoms with E-state index in [2.05, 4.69) is 30.5 Å². The van der Waals surface area contributed by atoms with E-state index in [0.29, 0.717) is 12.0 Å². The Kier molecular flexibility index (Phi) is 3.06. The largest absolute Gasteiger partial charge is 0.383 e. The fourth-order valence-corrected chi connectivity index (χ4v) is 2.17. The van der Waals surface area contributed by atoms with Crippen molar-refractivity contribution < 1.29 is 0 Å². The van der Waals surface area contributed by atoms with E-state index in [1.165, 1.54) is 0 Å². The van der Waals surface area contributed by atoms with Crippen LogP contribution in [-0.2, 0) is 0 Å². The van der Waals surface area contributed by atoms with Crippen LogP contribution in [0, 0.1) is 5.92 Å². The minimum atomic E-state index is 0.499. The van der Waals surface area contributed by atoms with Gasteiger partial charge in [0.25, 0.3) is 0 Å². The van der Waals surface area contributed by atoms with E-state index >= 15 is 0 Å². The van der Waals surface area contributed by atoms with Crippen LogP contribution in [0.15, 0.2) is 18.2 Å². The molecule has 0 amide bonds. The standard InChI is InChI=1S/C12H17ClN2/c1-8(2)10-6-7-14-11-5-3-4-9(13)12(11)15-10/h3-5,8,10,14-15H,6-7H2,1-2H3. The molecule has 1 aromatic carbocycles. The Balaban J connectivity index is 2.31. The number of para-hydroxylation sites is 1. The van der Waals surface area contributed by atoms with Gasteiger partial charge < -0.3 is 10.6 Å². The minimum absolute atomic E-state index is 0.499. The van der Waals surface area contributed by atoms with E-state index in [-0.39, 0.29) is 0 Å². The normalized spacial score (nSPS) is 20.1. The molecule has 1 aromatic rings. The zero-order chi connectivity index (χ0) is 10.8. The van der Waals surface area contributed by atoms with Gasteiger partial charge in [-0.2, -0.15) is 0 Å². The van der Waals surface area contributed by atoms with Crippen molar-refractivity contribution in [2.75, 3.05) is 17.2 Å². The average Bonchev–Trinajstić information content (AvgIpc) is 2.40. The molecular weight excluding hydrogens is 208 g/mol. The zero-order valence-electron chi connectivity index (χ0n) is 9.18. The second-order valence-corrected chi connectivity index (χ2v) is 4.78. The Bertz CT molecular complexity index is 349. The average molecular weight is 225 g/mol. The van der Waals surface area contributed by atoms with E-state index in [0.717, 1.165) is 29.4 Å². The van der Waals surface area contributed by atoms with Crippen LogP contribution < -0.4 is 10.6 Å². The number of nitrogens with one attached hydrogen (secondary N) is 2. The Morgan fingerprint density at radius 3 is 2.93 bits per heavy atom. The number of rotatable bonds is 1. The maximum Gasteiger partial charge on any atom is 0.0767 e. The van der Waals surface area contributed by atoms with E-state index in [1.807, 2.05) is 12.1 Å². The zero-order valence-corrected chi connectivity index (χ0v) is 9.93. The lowest BCUT2D eigenvalue weighted by molar-refractivity contribution is 0.507. The molecule has 0 bridgehead atoms. The Morgan fingerprint density at radius 2 is 2.20 bits per heavy atom. The molecule has 1 unspecified atom stereocenters. The fourth-order valence-electron chi connectivity index (χ4n) is 1.94. The van der Waals surface area contributed by atoms with Crippen LogP contribution in [0.3, 0.4) is 0 Å². The number of anilines is 2. The predicted molar refractivity (Wildman–Crippen MR) is 66.8 cm³/mol. The smallest absolute Gasteiger partial charge is 0.0767 e. The predicted octanol–water partition coefficient (Wildman–Crippen LogP) is 3.59. The van der Waals surface area contributed by atoms with Gasteiger partial charge in [0, 0.05) is 12.6 Å². The second-order valence-electron chi connectivity index (χ2n) is 4.37. The van der Waals surface area contributed by atoms with Crippen LogP contribution in [0.1, 0.15) is 20.3 Å². The first-order valence-corrected chi connectivity index (χ1v) is 5.85. The highest BCUT2D eigenvalue weighted by molar-refractivity contribution is 6.34. The van der Waals surface area contributed by atoms with Crippen molar-refractivity contribution in [3.63, 3.8) is 0 Å². The molecule has 0 saturated carbocycles. The monoisotopic (exact) mass is 224 g/mol. The van der Waals surface area contributed by atoms with Gasteiger partial charge in [-0.3, -0.25) is 0 Å². The molecule has 0 fully saturated rings. The van der Waals surface area contributed by atoms with Crippen LogP contribution >= 0.6 is 11.6 Å². The van der Waals surface area contributed by atoms with Gasteiger partial charge >= 0.3 is 0 Å². The molecule has 0 radical (unpaired) electrons. The number of halogens is 1. The van der Waals surface area contributed by atoms with Crippen LogP contribution in [0.4, 0.5) is 11.4 Å². The summed E-state index contributed by atoms with van der Waals surface area (Å²) in [5.41, 5.74) is 2.17. The third-order valence-electron chi connectivity index (χ3n) is 2.92. The SMILES string of the molecule is CC(C)C1CCNc2cccc(Cl)c2N1. The summed E-state index contributed by atoms with van der Waals surface area (Å²) in [6, 6.07) is 6.47. The molecule has 2 nitrogen and oxygen atoms in total. The molecule has 0 spiro atoms. The topological polar surface area (TPSA) is 24.1 Å². The first-order valence-electron chi connectivity index (χ1n) is 5.47. The van der Waals surface area contributed by atoms with Crippen LogP contribution in [0.25, 0.3) is 0 Å². The van der Waals surface area contributed by atoms with Gasteiger partial charge in [0.1, 0.15) is 0 Å². The first kappa shape index (κ1) is 10.6. The highest BCUT2D eigenvalue weighted by atomic mass is 35.5. The maximum atomic E-state index is 6.18. The highest BCUT2D eigenvalue weighted by Gasteiger charge is 2.19. The van der Waals surface area contributed by atoms with Gasteiger partial charge in [-0.05, 0) is 24.5 Å². The Morgan fingerprint density at radius 1 is 1.40 bits per heavy atom. The number of hydrogen-bond acceptors (Lipinski definition) is 2. The molecule has 1 aliphatic rings. The van der Waals surface area contributed by atoms with Crippen molar-refractivity contribution in [2.24, 2.45) is 5.92 Å². The summed E-state index contributed by atoms with van der Waals surface area (Å²) in [5.74, 6) is 0.619. The fraction of sp³-hybridized carbons (Fsp3) is 0.500. The first-order chi connectivity index (χ1) is 7.18. The molecule has 1 heterocycles. The molecule has 0 aliphatic carbocycles. The molecule has 2 N–H and O–H groups in total. The van der Waals surface area contributed by atoms with E-state index in [9.17, 15) is 0 Å². The number of hydrogen-bond donors (Lipinski definition) is 2. The quantitative estimate of drug-likeness (QED) is 0.762. The summed E-state index contributed by atoms with van der Waals surface area (Å²) in [4.78, 5) is 0. The lowest BCUT2D eigenvalue weighted by atomic mass is 10.0. The summed E-state index contributed by atoms with van der Waals surface area (Å²) >= 11 is 6.18. The number of fused-ring (bicyclic) bond motifs is 1. The van der Waals surface area contributed by atoms with Crippen LogP contribution in [-0.4, -0.2) is 12.6 Å². The van der Waals surface area contributed by atoms with Gasteiger partial charge in [0.15, 0.2) is 0 Å². The van der Waals surface area contributed by atoms with Gasteiger partial charge in [-0.1, -0.05) is 31.5 Å². The molecular formula is C12H17ClN2. The number of benzene rings is 1. The third-order valence-corrected chi connectivity index (χ3v) is 3.23. The van der Waals surface area contributed by atoms with Crippen LogP contribution in [0.2, 0.25) is 5.02 Å². The Hall–Kier alpha value is -0.890. The summed E-state index contributed by atoms with van der Waals surface area (Å²) in [7, 11) is 0. The van der Waals surface area contributed by atoms with E-state index in [4.69, 9.17) is 11.6 Å². The third kappa shape index (κ3) is 2.20. The van der Waals surface area contributed by atoms with Crippen molar-refractivity contribution >= 4 is 23.0 Å². The van der Waals surface area contributed by atoms with Crippen molar-refractivity contribution in [1.29, 1.82) is 0 Å². The van der Waals surface area contributed by atoms with Gasteiger partial charge in [-0.15, -0.1) is 0 Å². The highest BCUT2D eigenvalue weighted by Crippen LogP contribution is 2.33. The molecule has 82 valence electrons. The maximum absolute atomic E-state index is 6.18. The summed E-state index contributed by atoms with van der Waals surface area (Å²) < 4.78 is 0. The van der Waals surface area contributed by atoms with E-state index < -0.39 is 0 Å². The lowest BCUT2D eigenvalue weighted by Gasteiger charge is -2.21. The van der Waals surface area contributed by atoms with Gasteiger partial charge in [0.2, 0.25) is 0 Å².